The van der Waals surface area contributed by atoms with Crippen molar-refractivity contribution in [1.82, 2.24) is 0 Å². The highest BCUT2D eigenvalue weighted by atomic mass is 32.2. The van der Waals surface area contributed by atoms with Gasteiger partial charge in [0, 0.05) is 28.9 Å². The minimum atomic E-state index is -3.49. The molecule has 0 bridgehead atoms. The number of nitriles is 1. The molecule has 1 aromatic carbocycles. The summed E-state index contributed by atoms with van der Waals surface area (Å²) in [7, 11) is -4.71. The fraction of sp³-hybridized carbons (Fsp3) is 0.364. The van der Waals surface area contributed by atoms with E-state index in [1.165, 1.54) is 24.3 Å². The highest BCUT2D eigenvalue weighted by Gasteiger charge is 2.16. The van der Waals surface area contributed by atoms with Crippen LogP contribution in [0.2, 0.25) is 0 Å². The van der Waals surface area contributed by atoms with Crippen molar-refractivity contribution < 1.29 is 12.6 Å². The number of hydrogen-bond acceptors (Lipinski definition) is 5. The van der Waals surface area contributed by atoms with Crippen molar-refractivity contribution in [2.45, 2.75) is 4.90 Å². The summed E-state index contributed by atoms with van der Waals surface area (Å²) in [6.45, 7) is 0.274. The maximum atomic E-state index is 11.9. The second-order valence-electron chi connectivity index (χ2n) is 3.60. The molecule has 0 radical (unpaired) electrons. The molecule has 0 spiro atoms. The van der Waals surface area contributed by atoms with Crippen LogP contribution in [0.3, 0.4) is 0 Å². The zero-order valence-corrected chi connectivity index (χ0v) is 11.3. The Kier molecular flexibility index (Phi) is 5.47. The van der Waals surface area contributed by atoms with Gasteiger partial charge in [-0.05, 0) is 18.2 Å². The van der Waals surface area contributed by atoms with Crippen molar-refractivity contribution in [3.05, 3.63) is 29.8 Å². The maximum absolute atomic E-state index is 11.9. The SMILES string of the molecule is N#Cc1cccc(S(=O)(=O)CCS(=O)CCN)c1. The van der Waals surface area contributed by atoms with Crippen LogP contribution in [0.15, 0.2) is 29.2 Å². The lowest BCUT2D eigenvalue weighted by Crippen LogP contribution is -2.18. The van der Waals surface area contributed by atoms with E-state index < -0.39 is 20.6 Å². The molecular formula is C11H14N2O3S2. The smallest absolute Gasteiger partial charge is 0.179 e. The normalized spacial score (nSPS) is 12.9. The maximum Gasteiger partial charge on any atom is 0.179 e. The Bertz CT molecular complexity index is 576. The van der Waals surface area contributed by atoms with Crippen molar-refractivity contribution in [2.24, 2.45) is 5.73 Å². The number of rotatable bonds is 6. The molecule has 0 fully saturated rings. The first-order chi connectivity index (χ1) is 8.49. The summed E-state index contributed by atoms with van der Waals surface area (Å²) in [5.74, 6) is 0.165. The Morgan fingerprint density at radius 3 is 2.67 bits per heavy atom. The van der Waals surface area contributed by atoms with Crippen LogP contribution in [-0.4, -0.2) is 36.4 Å². The summed E-state index contributed by atoms with van der Waals surface area (Å²) >= 11 is 0. The third-order valence-electron chi connectivity index (χ3n) is 2.25. The Hall–Kier alpha value is -1.23. The van der Waals surface area contributed by atoms with Gasteiger partial charge in [-0.15, -0.1) is 0 Å². The number of sulfone groups is 1. The van der Waals surface area contributed by atoms with E-state index in [4.69, 9.17) is 11.0 Å². The summed E-state index contributed by atoms with van der Waals surface area (Å²) in [4.78, 5) is 0.0892. The first-order valence-electron chi connectivity index (χ1n) is 5.27. The lowest BCUT2D eigenvalue weighted by Gasteiger charge is -2.04. The van der Waals surface area contributed by atoms with Crippen LogP contribution in [0.5, 0.6) is 0 Å². The predicted octanol–water partition coefficient (Wildman–Crippen LogP) is 0.0394. The molecular weight excluding hydrogens is 272 g/mol. The van der Waals surface area contributed by atoms with Gasteiger partial charge in [0.05, 0.1) is 22.3 Å². The van der Waals surface area contributed by atoms with Crippen molar-refractivity contribution in [1.29, 1.82) is 5.26 Å². The summed E-state index contributed by atoms with van der Waals surface area (Å²) in [6.07, 6.45) is 0. The molecule has 5 nitrogen and oxygen atoms in total. The molecule has 0 heterocycles. The van der Waals surface area contributed by atoms with Crippen molar-refractivity contribution in [3.8, 4) is 6.07 Å². The molecule has 2 N–H and O–H groups in total. The first-order valence-corrected chi connectivity index (χ1v) is 8.41. The zero-order chi connectivity index (χ0) is 13.6. The molecule has 7 heteroatoms. The van der Waals surface area contributed by atoms with Gasteiger partial charge in [-0.1, -0.05) is 6.07 Å². The van der Waals surface area contributed by atoms with Crippen LogP contribution in [0, 0.1) is 11.3 Å². The molecule has 18 heavy (non-hydrogen) atoms. The average Bonchev–Trinajstić information content (AvgIpc) is 2.37. The topological polar surface area (TPSA) is 101 Å². The van der Waals surface area contributed by atoms with Gasteiger partial charge in [-0.2, -0.15) is 5.26 Å². The first kappa shape index (κ1) is 14.8. The molecule has 0 aliphatic carbocycles. The molecule has 0 saturated heterocycles. The molecule has 98 valence electrons. The summed E-state index contributed by atoms with van der Waals surface area (Å²) in [6, 6.07) is 7.69. The van der Waals surface area contributed by atoms with Crippen LogP contribution in [-0.2, 0) is 20.6 Å². The molecule has 0 aliphatic heterocycles. The predicted molar refractivity (Wildman–Crippen MR) is 70.1 cm³/mol. The molecule has 0 saturated carbocycles. The van der Waals surface area contributed by atoms with E-state index >= 15 is 0 Å². The lowest BCUT2D eigenvalue weighted by atomic mass is 10.2. The van der Waals surface area contributed by atoms with E-state index in [0.29, 0.717) is 11.3 Å². The molecule has 1 atom stereocenters. The van der Waals surface area contributed by atoms with Gasteiger partial charge in [-0.25, -0.2) is 8.42 Å². The third kappa shape index (κ3) is 4.22. The summed E-state index contributed by atoms with van der Waals surface area (Å²) in [5.41, 5.74) is 5.53. The van der Waals surface area contributed by atoms with E-state index in [0.717, 1.165) is 0 Å². The molecule has 0 amide bonds. The van der Waals surface area contributed by atoms with Crippen molar-refractivity contribution >= 4 is 20.6 Å². The van der Waals surface area contributed by atoms with Crippen LogP contribution in [0.4, 0.5) is 0 Å². The number of benzene rings is 1. The number of nitrogens with zero attached hydrogens (tertiary/aromatic N) is 1. The zero-order valence-electron chi connectivity index (χ0n) is 9.70. The van der Waals surface area contributed by atoms with Gasteiger partial charge in [-0.3, -0.25) is 4.21 Å². The van der Waals surface area contributed by atoms with Gasteiger partial charge < -0.3 is 5.73 Å². The fourth-order valence-electron chi connectivity index (χ4n) is 1.31. The molecule has 1 rings (SSSR count). The molecule has 0 aromatic heterocycles. The van der Waals surface area contributed by atoms with Crippen LogP contribution in [0.25, 0.3) is 0 Å². The number of nitrogens with two attached hydrogens (primary N) is 1. The Labute approximate surface area is 109 Å². The van der Waals surface area contributed by atoms with E-state index in [-0.39, 0.29) is 22.9 Å². The standard InChI is InChI=1S/C11H14N2O3S2/c12-4-5-17(14)6-7-18(15,16)11-3-1-2-10(8-11)9-13/h1-3,8H,4-7,12H2. The minimum Gasteiger partial charge on any atom is -0.330 e. The van der Waals surface area contributed by atoms with Crippen LogP contribution in [0.1, 0.15) is 5.56 Å². The van der Waals surface area contributed by atoms with Gasteiger partial charge in [0.25, 0.3) is 0 Å². The largest absolute Gasteiger partial charge is 0.330 e. The second-order valence-corrected chi connectivity index (χ2v) is 7.40. The van der Waals surface area contributed by atoms with Crippen LogP contribution >= 0.6 is 0 Å². The Balaban J connectivity index is 2.80. The highest BCUT2D eigenvalue weighted by Crippen LogP contribution is 2.13. The van der Waals surface area contributed by atoms with Gasteiger partial charge >= 0.3 is 0 Å². The Morgan fingerprint density at radius 2 is 2.06 bits per heavy atom. The second kappa shape index (κ2) is 6.64. The molecule has 0 aliphatic rings. The average molecular weight is 286 g/mol. The van der Waals surface area contributed by atoms with E-state index in [9.17, 15) is 12.6 Å². The molecule has 1 unspecified atom stereocenters. The van der Waals surface area contributed by atoms with E-state index in [1.807, 2.05) is 6.07 Å². The van der Waals surface area contributed by atoms with Crippen molar-refractivity contribution in [3.63, 3.8) is 0 Å². The Morgan fingerprint density at radius 1 is 1.33 bits per heavy atom. The summed E-state index contributed by atoms with van der Waals surface area (Å²) < 4.78 is 35.2. The fourth-order valence-corrected chi connectivity index (χ4v) is 4.23. The van der Waals surface area contributed by atoms with Gasteiger partial charge in [0.1, 0.15) is 0 Å². The monoisotopic (exact) mass is 286 g/mol. The van der Waals surface area contributed by atoms with Crippen molar-refractivity contribution in [2.75, 3.05) is 23.8 Å². The van der Waals surface area contributed by atoms with Gasteiger partial charge in [0.2, 0.25) is 0 Å². The minimum absolute atomic E-state index is 0.0658. The highest BCUT2D eigenvalue weighted by molar-refractivity contribution is 7.93. The third-order valence-corrected chi connectivity index (χ3v) is 5.57. The summed E-state index contributed by atoms with van der Waals surface area (Å²) in [5, 5.41) is 8.71. The van der Waals surface area contributed by atoms with E-state index in [1.54, 1.807) is 0 Å². The lowest BCUT2D eigenvalue weighted by molar-refractivity contribution is 0.597. The van der Waals surface area contributed by atoms with E-state index in [2.05, 4.69) is 0 Å². The molecule has 1 aromatic rings. The van der Waals surface area contributed by atoms with Gasteiger partial charge in [0.15, 0.2) is 9.84 Å². The number of hydrogen-bond donors (Lipinski definition) is 1. The van der Waals surface area contributed by atoms with Crippen LogP contribution < -0.4 is 5.73 Å². The quantitative estimate of drug-likeness (QED) is 0.795.